The van der Waals surface area contributed by atoms with Gasteiger partial charge in [0.25, 0.3) is 5.89 Å². The number of hydrogen-bond acceptors (Lipinski definition) is 6. The SMILES string of the molecule is CCCCCN1C(=O)NC(c2ccc(Cl)cc2)C(c2nc(-c3ccc4c(c3)OCO4)no2)=C1C. The Bertz CT molecular complexity index is 1240. The Balaban J connectivity index is 1.54. The Morgan fingerprint density at radius 3 is 2.71 bits per heavy atom. The second-order valence-electron chi connectivity index (χ2n) is 8.28. The van der Waals surface area contributed by atoms with Crippen molar-refractivity contribution < 1.29 is 18.8 Å². The molecule has 8 nitrogen and oxygen atoms in total. The third-order valence-electron chi connectivity index (χ3n) is 6.07. The molecule has 34 heavy (non-hydrogen) atoms. The average molecular weight is 481 g/mol. The first-order valence-electron chi connectivity index (χ1n) is 11.3. The molecule has 0 spiro atoms. The molecule has 2 aromatic carbocycles. The van der Waals surface area contributed by atoms with Crippen molar-refractivity contribution in [3.63, 3.8) is 0 Å². The number of nitrogens with one attached hydrogen (secondary N) is 1. The number of halogens is 1. The second kappa shape index (κ2) is 9.38. The zero-order valence-electron chi connectivity index (χ0n) is 19.0. The summed E-state index contributed by atoms with van der Waals surface area (Å²) in [4.78, 5) is 19.5. The van der Waals surface area contributed by atoms with Crippen LogP contribution >= 0.6 is 11.6 Å². The van der Waals surface area contributed by atoms with Crippen LogP contribution in [0, 0.1) is 0 Å². The van der Waals surface area contributed by atoms with Gasteiger partial charge in [0.2, 0.25) is 12.6 Å². The standard InChI is InChI=1S/C25H25ClN4O4/c1-3-4-5-12-30-15(2)21(22(27-25(30)31)16-6-9-18(26)10-7-16)24-28-23(29-34-24)17-8-11-19-20(13-17)33-14-32-19/h6-11,13,22H,3-5,12,14H2,1-2H3,(H,27,31). The van der Waals surface area contributed by atoms with Gasteiger partial charge >= 0.3 is 6.03 Å². The van der Waals surface area contributed by atoms with E-state index in [1.807, 2.05) is 37.3 Å². The van der Waals surface area contributed by atoms with Crippen LogP contribution in [0.3, 0.4) is 0 Å². The van der Waals surface area contributed by atoms with Crippen LogP contribution < -0.4 is 14.8 Å². The zero-order chi connectivity index (χ0) is 23.7. The van der Waals surface area contributed by atoms with E-state index in [4.69, 9.17) is 30.6 Å². The van der Waals surface area contributed by atoms with E-state index < -0.39 is 6.04 Å². The minimum Gasteiger partial charge on any atom is -0.454 e. The third-order valence-corrected chi connectivity index (χ3v) is 6.32. The van der Waals surface area contributed by atoms with Crippen molar-refractivity contribution in [3.05, 3.63) is 64.6 Å². The highest BCUT2D eigenvalue weighted by Gasteiger charge is 2.35. The summed E-state index contributed by atoms with van der Waals surface area (Å²) in [6, 6.07) is 12.3. The monoisotopic (exact) mass is 480 g/mol. The number of allylic oxidation sites excluding steroid dienone is 1. The van der Waals surface area contributed by atoms with Crippen LogP contribution in [0.4, 0.5) is 4.79 Å². The van der Waals surface area contributed by atoms with Gasteiger partial charge in [0, 0.05) is 22.8 Å². The molecule has 2 aliphatic heterocycles. The first-order chi connectivity index (χ1) is 16.5. The maximum absolute atomic E-state index is 13.0. The van der Waals surface area contributed by atoms with E-state index in [9.17, 15) is 4.79 Å². The third kappa shape index (κ3) is 4.21. The van der Waals surface area contributed by atoms with E-state index >= 15 is 0 Å². The number of rotatable bonds is 7. The molecule has 1 N–H and O–H groups in total. The second-order valence-corrected chi connectivity index (χ2v) is 8.72. The number of carbonyl (C=O) groups excluding carboxylic acids is 1. The number of unbranched alkanes of at least 4 members (excludes halogenated alkanes) is 2. The number of benzene rings is 2. The summed E-state index contributed by atoms with van der Waals surface area (Å²) >= 11 is 6.10. The lowest BCUT2D eigenvalue weighted by Gasteiger charge is -2.35. The van der Waals surface area contributed by atoms with E-state index in [0.717, 1.165) is 41.7 Å². The summed E-state index contributed by atoms with van der Waals surface area (Å²) < 4.78 is 16.6. The van der Waals surface area contributed by atoms with Crippen LogP contribution in [-0.4, -0.2) is 34.4 Å². The summed E-state index contributed by atoms with van der Waals surface area (Å²) in [5.41, 5.74) is 3.18. The van der Waals surface area contributed by atoms with Crippen molar-refractivity contribution in [1.82, 2.24) is 20.4 Å². The summed E-state index contributed by atoms with van der Waals surface area (Å²) in [6.07, 6.45) is 3.02. The topological polar surface area (TPSA) is 89.7 Å². The molecule has 3 heterocycles. The lowest BCUT2D eigenvalue weighted by atomic mass is 9.94. The molecule has 5 rings (SSSR count). The van der Waals surface area contributed by atoms with Crippen molar-refractivity contribution in [1.29, 1.82) is 0 Å². The van der Waals surface area contributed by atoms with E-state index in [1.165, 1.54) is 0 Å². The highest BCUT2D eigenvalue weighted by atomic mass is 35.5. The van der Waals surface area contributed by atoms with E-state index in [0.29, 0.717) is 34.8 Å². The number of fused-ring (bicyclic) bond motifs is 1. The lowest BCUT2D eigenvalue weighted by molar-refractivity contribution is 0.174. The average Bonchev–Trinajstić information content (AvgIpc) is 3.50. The van der Waals surface area contributed by atoms with Gasteiger partial charge in [-0.05, 0) is 49.2 Å². The number of hydrogen-bond donors (Lipinski definition) is 1. The molecule has 9 heteroatoms. The van der Waals surface area contributed by atoms with Gasteiger partial charge in [-0.2, -0.15) is 4.98 Å². The predicted molar refractivity (Wildman–Crippen MR) is 127 cm³/mol. The number of urea groups is 1. The Hall–Kier alpha value is -3.52. The van der Waals surface area contributed by atoms with Crippen molar-refractivity contribution in [2.75, 3.05) is 13.3 Å². The Morgan fingerprint density at radius 1 is 1.12 bits per heavy atom. The summed E-state index contributed by atoms with van der Waals surface area (Å²) in [6.45, 7) is 4.87. The Kier molecular flexibility index (Phi) is 6.15. The van der Waals surface area contributed by atoms with Crippen molar-refractivity contribution >= 4 is 23.2 Å². The summed E-state index contributed by atoms with van der Waals surface area (Å²) in [5, 5.41) is 7.95. The van der Waals surface area contributed by atoms with Crippen LogP contribution in [0.5, 0.6) is 11.5 Å². The molecule has 0 radical (unpaired) electrons. The molecule has 3 aromatic rings. The minimum atomic E-state index is -0.447. The molecule has 0 saturated heterocycles. The molecule has 0 aliphatic carbocycles. The van der Waals surface area contributed by atoms with Crippen LogP contribution in [0.25, 0.3) is 17.0 Å². The summed E-state index contributed by atoms with van der Waals surface area (Å²) in [5.74, 6) is 2.11. The first kappa shape index (κ1) is 22.3. The van der Waals surface area contributed by atoms with Crippen LogP contribution in [0.15, 0.2) is 52.7 Å². The van der Waals surface area contributed by atoms with Crippen molar-refractivity contribution in [2.24, 2.45) is 0 Å². The van der Waals surface area contributed by atoms with Crippen LogP contribution in [0.2, 0.25) is 5.02 Å². The Morgan fingerprint density at radius 2 is 1.91 bits per heavy atom. The van der Waals surface area contributed by atoms with Crippen molar-refractivity contribution in [3.8, 4) is 22.9 Å². The smallest absolute Gasteiger partial charge is 0.322 e. The number of nitrogens with zero attached hydrogens (tertiary/aromatic N) is 3. The van der Waals surface area contributed by atoms with Gasteiger partial charge in [-0.15, -0.1) is 0 Å². The highest BCUT2D eigenvalue weighted by molar-refractivity contribution is 6.30. The molecule has 1 atom stereocenters. The van der Waals surface area contributed by atoms with E-state index in [-0.39, 0.29) is 12.8 Å². The fourth-order valence-electron chi connectivity index (χ4n) is 4.24. The molecule has 1 aromatic heterocycles. The molecule has 0 bridgehead atoms. The molecule has 0 saturated carbocycles. The van der Waals surface area contributed by atoms with Gasteiger partial charge in [-0.1, -0.05) is 48.7 Å². The first-order valence-corrected chi connectivity index (χ1v) is 11.7. The van der Waals surface area contributed by atoms with Gasteiger partial charge in [-0.25, -0.2) is 4.79 Å². The molecule has 1 unspecified atom stereocenters. The highest BCUT2D eigenvalue weighted by Crippen LogP contribution is 2.39. The predicted octanol–water partition coefficient (Wildman–Crippen LogP) is 5.81. The molecule has 2 amide bonds. The lowest BCUT2D eigenvalue weighted by Crippen LogP contribution is -2.46. The maximum atomic E-state index is 13.0. The normalized spacial score (nSPS) is 17.3. The van der Waals surface area contributed by atoms with Crippen molar-refractivity contribution in [2.45, 2.75) is 39.2 Å². The van der Waals surface area contributed by atoms with Crippen LogP contribution in [-0.2, 0) is 0 Å². The van der Waals surface area contributed by atoms with E-state index in [1.54, 1.807) is 17.0 Å². The zero-order valence-corrected chi connectivity index (χ0v) is 19.8. The van der Waals surface area contributed by atoms with E-state index in [2.05, 4.69) is 17.4 Å². The number of aromatic nitrogens is 2. The molecular weight excluding hydrogens is 456 g/mol. The number of amides is 2. The number of ether oxygens (including phenoxy) is 2. The fourth-order valence-corrected chi connectivity index (χ4v) is 4.36. The molecular formula is C25H25ClN4O4. The quantitative estimate of drug-likeness (QED) is 0.429. The fraction of sp³-hybridized carbons (Fsp3) is 0.320. The minimum absolute atomic E-state index is 0.146. The van der Waals surface area contributed by atoms with Gasteiger partial charge in [0.15, 0.2) is 11.5 Å². The molecule has 176 valence electrons. The summed E-state index contributed by atoms with van der Waals surface area (Å²) in [7, 11) is 0. The Labute approximate surface area is 202 Å². The van der Waals surface area contributed by atoms with Gasteiger partial charge in [-0.3, -0.25) is 4.90 Å². The van der Waals surface area contributed by atoms with Gasteiger partial charge in [0.1, 0.15) is 0 Å². The number of carbonyl (C=O) groups is 1. The molecule has 0 fully saturated rings. The van der Waals surface area contributed by atoms with Gasteiger partial charge < -0.3 is 19.3 Å². The maximum Gasteiger partial charge on any atom is 0.322 e. The molecule has 2 aliphatic rings. The van der Waals surface area contributed by atoms with Crippen LogP contribution in [0.1, 0.15) is 50.6 Å². The van der Waals surface area contributed by atoms with Gasteiger partial charge in [0.05, 0.1) is 11.6 Å². The largest absolute Gasteiger partial charge is 0.454 e.